The highest BCUT2D eigenvalue weighted by Gasteiger charge is 2.16. The molecule has 1 aliphatic heterocycles. The Balaban J connectivity index is 2.18. The monoisotopic (exact) mass is 220 g/mol. The number of benzene rings is 1. The van der Waals surface area contributed by atoms with E-state index in [1.165, 1.54) is 5.56 Å². The molecular weight excluding hydrogens is 204 g/mol. The summed E-state index contributed by atoms with van der Waals surface area (Å²) < 4.78 is 5.31. The lowest BCUT2D eigenvalue weighted by Gasteiger charge is -2.16. The van der Waals surface area contributed by atoms with Gasteiger partial charge in [-0.15, -0.1) is 0 Å². The number of nitrogens with two attached hydrogens (primary N) is 1. The number of ether oxygens (including phenoxy) is 1. The largest absolute Gasteiger partial charge is 0.372 e. The Morgan fingerprint density at radius 3 is 2.94 bits per heavy atom. The minimum atomic E-state index is 0.0140. The Labute approximate surface area is 95.0 Å². The molecule has 0 atom stereocenters. The summed E-state index contributed by atoms with van der Waals surface area (Å²) in [6.45, 7) is 2.32. The van der Waals surface area contributed by atoms with E-state index in [1.807, 2.05) is 18.2 Å². The highest BCUT2D eigenvalue weighted by Crippen LogP contribution is 2.21. The van der Waals surface area contributed by atoms with Crippen LogP contribution in [0.5, 0.6) is 0 Å². The van der Waals surface area contributed by atoms with Crippen LogP contribution in [0.25, 0.3) is 0 Å². The molecule has 1 heterocycles. The molecule has 0 bridgehead atoms. The average molecular weight is 220 g/mol. The maximum atomic E-state index is 12.0. The summed E-state index contributed by atoms with van der Waals surface area (Å²) in [4.78, 5) is 13.6. The third-order valence-electron chi connectivity index (χ3n) is 2.78. The summed E-state index contributed by atoms with van der Waals surface area (Å²) in [6.07, 6.45) is 0. The van der Waals surface area contributed by atoms with Crippen molar-refractivity contribution in [2.45, 2.75) is 13.2 Å². The van der Waals surface area contributed by atoms with Crippen molar-refractivity contribution in [3.05, 3.63) is 34.9 Å². The van der Waals surface area contributed by atoms with Crippen LogP contribution < -0.4 is 5.73 Å². The van der Waals surface area contributed by atoms with Gasteiger partial charge in [0.15, 0.2) is 0 Å². The van der Waals surface area contributed by atoms with Gasteiger partial charge in [0.25, 0.3) is 5.91 Å². The summed E-state index contributed by atoms with van der Waals surface area (Å²) in [5.41, 5.74) is 8.43. The predicted octanol–water partition coefficient (Wildman–Crippen LogP) is 0.747. The molecule has 0 aromatic heterocycles. The first-order valence-corrected chi connectivity index (χ1v) is 5.37. The van der Waals surface area contributed by atoms with Crippen LogP contribution >= 0.6 is 0 Å². The number of carbonyl (C=O) groups excluding carboxylic acids is 1. The topological polar surface area (TPSA) is 55.6 Å². The van der Waals surface area contributed by atoms with Crippen molar-refractivity contribution in [1.29, 1.82) is 0 Å². The molecule has 2 rings (SSSR count). The van der Waals surface area contributed by atoms with Gasteiger partial charge in [0, 0.05) is 25.7 Å². The molecule has 1 aromatic rings. The van der Waals surface area contributed by atoms with Crippen molar-refractivity contribution >= 4 is 5.91 Å². The summed E-state index contributed by atoms with van der Waals surface area (Å²) >= 11 is 0. The number of likely N-dealkylation sites (N-methyl/N-ethyl adjacent to an activating group) is 1. The lowest BCUT2D eigenvalue weighted by atomic mass is 10.1. The molecule has 1 aliphatic rings. The Kier molecular flexibility index (Phi) is 3.22. The molecule has 0 aliphatic carbocycles. The van der Waals surface area contributed by atoms with Crippen molar-refractivity contribution in [3.63, 3.8) is 0 Å². The summed E-state index contributed by atoms with van der Waals surface area (Å²) in [5, 5.41) is 0. The van der Waals surface area contributed by atoms with Crippen molar-refractivity contribution in [3.8, 4) is 0 Å². The van der Waals surface area contributed by atoms with Crippen molar-refractivity contribution in [2.24, 2.45) is 5.73 Å². The fraction of sp³-hybridized carbons (Fsp3) is 0.417. The van der Waals surface area contributed by atoms with Crippen molar-refractivity contribution in [1.82, 2.24) is 4.90 Å². The fourth-order valence-corrected chi connectivity index (χ4v) is 1.82. The highest BCUT2D eigenvalue weighted by molar-refractivity contribution is 5.94. The van der Waals surface area contributed by atoms with E-state index in [0.29, 0.717) is 31.9 Å². The SMILES string of the molecule is CN(CCN)C(=O)c1ccc2c(c1)COC2. The van der Waals surface area contributed by atoms with Gasteiger partial charge < -0.3 is 15.4 Å². The second-order valence-corrected chi connectivity index (χ2v) is 3.99. The smallest absolute Gasteiger partial charge is 0.253 e. The number of nitrogens with zero attached hydrogens (tertiary/aromatic N) is 1. The molecule has 0 saturated heterocycles. The molecule has 86 valence electrons. The Morgan fingerprint density at radius 1 is 1.44 bits per heavy atom. The standard InChI is InChI=1S/C12H16N2O2/c1-14(5-4-13)12(15)9-2-3-10-7-16-8-11(10)6-9/h2-3,6H,4-5,7-8,13H2,1H3. The van der Waals surface area contributed by atoms with E-state index in [1.54, 1.807) is 11.9 Å². The normalized spacial score (nSPS) is 13.6. The van der Waals surface area contributed by atoms with Crippen LogP contribution in [0.15, 0.2) is 18.2 Å². The maximum Gasteiger partial charge on any atom is 0.253 e. The van der Waals surface area contributed by atoms with E-state index in [0.717, 1.165) is 5.56 Å². The molecule has 0 saturated carbocycles. The van der Waals surface area contributed by atoms with Gasteiger partial charge in [0.1, 0.15) is 0 Å². The Morgan fingerprint density at radius 2 is 2.19 bits per heavy atom. The molecule has 0 fully saturated rings. The van der Waals surface area contributed by atoms with Crippen LogP contribution in [0.4, 0.5) is 0 Å². The maximum absolute atomic E-state index is 12.0. The van der Waals surface area contributed by atoms with E-state index in [4.69, 9.17) is 10.5 Å². The first-order chi connectivity index (χ1) is 7.72. The molecule has 2 N–H and O–H groups in total. The van der Waals surface area contributed by atoms with Gasteiger partial charge in [-0.25, -0.2) is 0 Å². The minimum Gasteiger partial charge on any atom is -0.372 e. The first-order valence-electron chi connectivity index (χ1n) is 5.37. The third kappa shape index (κ3) is 2.08. The summed E-state index contributed by atoms with van der Waals surface area (Å²) in [7, 11) is 1.76. The van der Waals surface area contributed by atoms with E-state index in [9.17, 15) is 4.79 Å². The number of carbonyl (C=O) groups is 1. The van der Waals surface area contributed by atoms with Gasteiger partial charge in [-0.3, -0.25) is 4.79 Å². The lowest BCUT2D eigenvalue weighted by molar-refractivity contribution is 0.0799. The molecule has 4 heteroatoms. The quantitative estimate of drug-likeness (QED) is 0.817. The first kappa shape index (κ1) is 11.1. The van der Waals surface area contributed by atoms with Gasteiger partial charge in [0.05, 0.1) is 13.2 Å². The number of amides is 1. The highest BCUT2D eigenvalue weighted by atomic mass is 16.5. The van der Waals surface area contributed by atoms with Gasteiger partial charge in [0.2, 0.25) is 0 Å². The summed E-state index contributed by atoms with van der Waals surface area (Å²) in [6, 6.07) is 5.73. The van der Waals surface area contributed by atoms with Crippen molar-refractivity contribution < 1.29 is 9.53 Å². The zero-order valence-corrected chi connectivity index (χ0v) is 9.40. The molecular formula is C12H16N2O2. The second-order valence-electron chi connectivity index (χ2n) is 3.99. The molecule has 1 aromatic carbocycles. The molecule has 0 radical (unpaired) electrons. The zero-order chi connectivity index (χ0) is 11.5. The van der Waals surface area contributed by atoms with Crippen LogP contribution in [0.3, 0.4) is 0 Å². The Hall–Kier alpha value is -1.39. The molecule has 0 unspecified atom stereocenters. The molecule has 0 spiro atoms. The van der Waals surface area contributed by atoms with E-state index in [2.05, 4.69) is 0 Å². The van der Waals surface area contributed by atoms with Crippen LogP contribution in [0.1, 0.15) is 21.5 Å². The van der Waals surface area contributed by atoms with Gasteiger partial charge >= 0.3 is 0 Å². The number of rotatable bonds is 3. The molecule has 1 amide bonds. The van der Waals surface area contributed by atoms with E-state index in [-0.39, 0.29) is 5.91 Å². The van der Waals surface area contributed by atoms with Crippen LogP contribution in [-0.2, 0) is 18.0 Å². The fourth-order valence-electron chi connectivity index (χ4n) is 1.82. The Bertz CT molecular complexity index is 404. The molecule has 16 heavy (non-hydrogen) atoms. The van der Waals surface area contributed by atoms with Gasteiger partial charge in [-0.2, -0.15) is 0 Å². The van der Waals surface area contributed by atoms with Gasteiger partial charge in [-0.1, -0.05) is 6.07 Å². The van der Waals surface area contributed by atoms with Crippen molar-refractivity contribution in [2.75, 3.05) is 20.1 Å². The van der Waals surface area contributed by atoms with Crippen LogP contribution in [0.2, 0.25) is 0 Å². The lowest BCUT2D eigenvalue weighted by Crippen LogP contribution is -2.31. The number of hydrogen-bond acceptors (Lipinski definition) is 3. The number of hydrogen-bond donors (Lipinski definition) is 1. The predicted molar refractivity (Wildman–Crippen MR) is 60.9 cm³/mol. The van der Waals surface area contributed by atoms with Crippen LogP contribution in [0, 0.1) is 0 Å². The molecule has 4 nitrogen and oxygen atoms in total. The average Bonchev–Trinajstić information content (AvgIpc) is 2.75. The zero-order valence-electron chi connectivity index (χ0n) is 9.40. The van der Waals surface area contributed by atoms with Crippen LogP contribution in [-0.4, -0.2) is 30.9 Å². The van der Waals surface area contributed by atoms with E-state index < -0.39 is 0 Å². The van der Waals surface area contributed by atoms with E-state index >= 15 is 0 Å². The summed E-state index contributed by atoms with van der Waals surface area (Å²) in [5.74, 6) is 0.0140. The van der Waals surface area contributed by atoms with Gasteiger partial charge in [-0.05, 0) is 23.3 Å². The second kappa shape index (κ2) is 4.63. The third-order valence-corrected chi connectivity index (χ3v) is 2.78. The number of fused-ring (bicyclic) bond motifs is 1. The minimum absolute atomic E-state index is 0.0140.